The van der Waals surface area contributed by atoms with Crippen LogP contribution in [0.2, 0.25) is 0 Å². The van der Waals surface area contributed by atoms with Gasteiger partial charge in [0.2, 0.25) is 5.91 Å². The van der Waals surface area contributed by atoms with E-state index in [0.29, 0.717) is 6.42 Å². The Bertz CT molecular complexity index is 1540. The minimum Gasteiger partial charge on any atom is -0.326 e. The quantitative estimate of drug-likeness (QED) is 0.202. The van der Waals surface area contributed by atoms with Crippen molar-refractivity contribution in [2.75, 3.05) is 11.1 Å². The molecule has 1 N–H and O–H groups in total. The second kappa shape index (κ2) is 11.7. The lowest BCUT2D eigenvalue weighted by atomic mass is 10.1. The van der Waals surface area contributed by atoms with Crippen LogP contribution < -0.4 is 5.32 Å². The molecule has 0 unspecified atom stereocenters. The first-order valence-corrected chi connectivity index (χ1v) is 13.8. The average molecular weight is 524 g/mol. The Morgan fingerprint density at radius 2 is 1.63 bits per heavy atom. The van der Waals surface area contributed by atoms with Gasteiger partial charge in [0.05, 0.1) is 17.5 Å². The summed E-state index contributed by atoms with van der Waals surface area (Å²) < 4.78 is 15.6. The molecule has 1 amide bonds. The van der Waals surface area contributed by atoms with Crippen LogP contribution in [0.15, 0.2) is 95.9 Å². The Hall–Kier alpha value is -3.90. The number of nitrogens with one attached hydrogen (secondary N) is 1. The van der Waals surface area contributed by atoms with Crippen LogP contribution in [0, 0.1) is 12.7 Å². The van der Waals surface area contributed by atoms with Gasteiger partial charge in [-0.05, 0) is 96.5 Å². The zero-order chi connectivity index (χ0) is 26.5. The molecule has 1 aromatic heterocycles. The maximum Gasteiger partial charge on any atom is 0.228 e. The molecule has 0 saturated carbocycles. The van der Waals surface area contributed by atoms with Crippen LogP contribution in [0.3, 0.4) is 0 Å². The van der Waals surface area contributed by atoms with Gasteiger partial charge >= 0.3 is 0 Å². The van der Waals surface area contributed by atoms with Crippen LogP contribution in [-0.4, -0.2) is 21.2 Å². The van der Waals surface area contributed by atoms with Gasteiger partial charge in [-0.3, -0.25) is 4.79 Å². The number of rotatable bonds is 9. The summed E-state index contributed by atoms with van der Waals surface area (Å²) in [6.45, 7) is 4.92. The summed E-state index contributed by atoms with van der Waals surface area (Å²) in [7, 11) is 0. The van der Waals surface area contributed by atoms with Crippen molar-refractivity contribution in [3.05, 3.63) is 114 Å². The second-order valence-electron chi connectivity index (χ2n) is 9.33. The number of thioether (sulfide) groups is 1. The topological polar surface area (TPSA) is 46.9 Å². The van der Waals surface area contributed by atoms with E-state index < -0.39 is 0 Å². The largest absolute Gasteiger partial charge is 0.326 e. The summed E-state index contributed by atoms with van der Waals surface area (Å²) >= 11 is 1.79. The van der Waals surface area contributed by atoms with Gasteiger partial charge in [-0.25, -0.2) is 9.37 Å². The Labute approximate surface area is 226 Å². The third-order valence-electron chi connectivity index (χ3n) is 6.47. The molecule has 5 aromatic rings. The molecule has 1 heterocycles. The molecule has 0 radical (unpaired) electrons. The number of benzene rings is 4. The van der Waals surface area contributed by atoms with Crippen LogP contribution in [-0.2, 0) is 24.2 Å². The number of anilines is 1. The Morgan fingerprint density at radius 1 is 0.921 bits per heavy atom. The number of aromatic nitrogens is 2. The molecule has 0 spiro atoms. The molecule has 0 bridgehead atoms. The monoisotopic (exact) mass is 523 g/mol. The lowest BCUT2D eigenvalue weighted by Crippen LogP contribution is -2.14. The van der Waals surface area contributed by atoms with Gasteiger partial charge in [-0.15, -0.1) is 11.8 Å². The van der Waals surface area contributed by atoms with Crippen LogP contribution in [0.4, 0.5) is 10.1 Å². The molecule has 0 aliphatic carbocycles. The lowest BCUT2D eigenvalue weighted by molar-refractivity contribution is -0.115. The number of fused-ring (bicyclic) bond motifs is 1. The molecule has 192 valence electrons. The second-order valence-corrected chi connectivity index (χ2v) is 10.7. The first-order chi connectivity index (χ1) is 18.5. The van der Waals surface area contributed by atoms with Crippen LogP contribution in [0.25, 0.3) is 22.4 Å². The third-order valence-corrected chi connectivity index (χ3v) is 7.36. The molecular formula is C32H30FN3OS. The van der Waals surface area contributed by atoms with Crippen molar-refractivity contribution >= 4 is 34.4 Å². The lowest BCUT2D eigenvalue weighted by Gasteiger charge is -2.11. The van der Waals surface area contributed by atoms with Crippen molar-refractivity contribution in [1.82, 2.24) is 9.55 Å². The normalized spacial score (nSPS) is 11.1. The van der Waals surface area contributed by atoms with Gasteiger partial charge in [-0.1, -0.05) is 37.3 Å². The standard InChI is InChI=1S/C32H30FN3OS/c1-3-38-28-15-7-24(8-16-28)21-31(37)34-27-13-9-25(10-14-27)32-35-29-17-4-22(2)20-30(29)36(32)19-18-23-5-11-26(33)12-6-23/h4-17,20H,3,18-19,21H2,1-2H3,(H,34,37). The highest BCUT2D eigenvalue weighted by Crippen LogP contribution is 2.27. The van der Waals surface area contributed by atoms with E-state index in [1.54, 1.807) is 11.8 Å². The van der Waals surface area contributed by atoms with Gasteiger partial charge in [-0.2, -0.15) is 0 Å². The summed E-state index contributed by atoms with van der Waals surface area (Å²) in [6, 6.07) is 28.9. The summed E-state index contributed by atoms with van der Waals surface area (Å²) in [5.41, 5.74) is 6.96. The number of amides is 1. The number of nitrogens with zero attached hydrogens (tertiary/aromatic N) is 2. The molecular weight excluding hydrogens is 493 g/mol. The Kier molecular flexibility index (Phi) is 7.89. The predicted molar refractivity (Wildman–Crippen MR) is 155 cm³/mol. The fraction of sp³-hybridized carbons (Fsp3) is 0.188. The maximum absolute atomic E-state index is 13.4. The molecule has 38 heavy (non-hydrogen) atoms. The van der Waals surface area contributed by atoms with E-state index in [4.69, 9.17) is 4.98 Å². The number of hydrogen-bond acceptors (Lipinski definition) is 3. The van der Waals surface area contributed by atoms with E-state index in [9.17, 15) is 9.18 Å². The first kappa shape index (κ1) is 25.7. The molecule has 0 atom stereocenters. The van der Waals surface area contributed by atoms with Crippen molar-refractivity contribution in [3.8, 4) is 11.4 Å². The SMILES string of the molecule is CCSc1ccc(CC(=O)Nc2ccc(-c3nc4ccc(C)cc4n3CCc3ccc(F)cc3)cc2)cc1. The Balaban J connectivity index is 1.33. The Morgan fingerprint density at radius 3 is 2.34 bits per heavy atom. The number of hydrogen-bond donors (Lipinski definition) is 1. The highest BCUT2D eigenvalue weighted by molar-refractivity contribution is 7.99. The molecule has 5 rings (SSSR count). The van der Waals surface area contributed by atoms with Gasteiger partial charge in [0.15, 0.2) is 0 Å². The molecule has 6 heteroatoms. The third kappa shape index (κ3) is 6.14. The number of carbonyl (C=O) groups is 1. The van der Waals surface area contributed by atoms with Crippen LogP contribution in [0.5, 0.6) is 0 Å². The van der Waals surface area contributed by atoms with Crippen molar-refractivity contribution in [3.63, 3.8) is 0 Å². The minimum atomic E-state index is -0.227. The molecule has 0 aliphatic rings. The zero-order valence-electron chi connectivity index (χ0n) is 21.6. The van der Waals surface area contributed by atoms with Gasteiger partial charge in [0, 0.05) is 22.7 Å². The molecule has 0 aliphatic heterocycles. The van der Waals surface area contributed by atoms with Crippen molar-refractivity contribution in [1.29, 1.82) is 0 Å². The fourth-order valence-electron chi connectivity index (χ4n) is 4.53. The van der Waals surface area contributed by atoms with Crippen molar-refractivity contribution < 1.29 is 9.18 Å². The van der Waals surface area contributed by atoms with Gasteiger partial charge in [0.1, 0.15) is 11.6 Å². The fourth-order valence-corrected chi connectivity index (χ4v) is 5.20. The van der Waals surface area contributed by atoms with E-state index >= 15 is 0 Å². The smallest absolute Gasteiger partial charge is 0.228 e. The summed E-state index contributed by atoms with van der Waals surface area (Å²) in [5, 5.41) is 3.01. The number of carbonyl (C=O) groups excluding carboxylic acids is 1. The minimum absolute atomic E-state index is 0.0457. The van der Waals surface area contributed by atoms with Gasteiger partial charge < -0.3 is 9.88 Å². The number of halogens is 1. The molecule has 0 fully saturated rings. The molecule has 0 saturated heterocycles. The van der Waals surface area contributed by atoms with E-state index in [0.717, 1.165) is 58.0 Å². The zero-order valence-corrected chi connectivity index (χ0v) is 22.4. The maximum atomic E-state index is 13.4. The molecule has 4 aromatic carbocycles. The predicted octanol–water partition coefficient (Wildman–Crippen LogP) is 7.69. The van der Waals surface area contributed by atoms with Gasteiger partial charge in [0.25, 0.3) is 0 Å². The highest BCUT2D eigenvalue weighted by Gasteiger charge is 2.14. The van der Waals surface area contributed by atoms with Crippen molar-refractivity contribution in [2.24, 2.45) is 0 Å². The van der Waals surface area contributed by atoms with E-state index in [1.807, 2.05) is 54.6 Å². The van der Waals surface area contributed by atoms with Crippen LogP contribution >= 0.6 is 11.8 Å². The summed E-state index contributed by atoms with van der Waals surface area (Å²) in [5.74, 6) is 1.63. The number of imidazole rings is 1. The van der Waals surface area contributed by atoms with Crippen LogP contribution in [0.1, 0.15) is 23.6 Å². The van der Waals surface area contributed by atoms with E-state index in [-0.39, 0.29) is 11.7 Å². The van der Waals surface area contributed by atoms with Crippen molar-refractivity contribution in [2.45, 2.75) is 38.1 Å². The van der Waals surface area contributed by atoms with E-state index in [2.05, 4.69) is 48.0 Å². The average Bonchev–Trinajstić information content (AvgIpc) is 3.27. The molecule has 4 nitrogen and oxygen atoms in total. The number of aryl methyl sites for hydroxylation is 3. The summed E-state index contributed by atoms with van der Waals surface area (Å²) in [6.07, 6.45) is 1.09. The summed E-state index contributed by atoms with van der Waals surface area (Å²) in [4.78, 5) is 18.8. The highest BCUT2D eigenvalue weighted by atomic mass is 32.2. The van der Waals surface area contributed by atoms with E-state index in [1.165, 1.54) is 22.6 Å². The first-order valence-electron chi connectivity index (χ1n) is 12.8.